The van der Waals surface area contributed by atoms with Crippen molar-refractivity contribution in [3.05, 3.63) is 54.1 Å². The molecule has 0 atom stereocenters. The van der Waals surface area contributed by atoms with E-state index in [4.69, 9.17) is 0 Å². The molecule has 2 aromatic rings. The van der Waals surface area contributed by atoms with E-state index in [1.54, 1.807) is 0 Å². The number of rotatable bonds is 4. The quantitative estimate of drug-likeness (QED) is 0.896. The minimum absolute atomic E-state index is 0.905. The molecule has 4 heteroatoms. The van der Waals surface area contributed by atoms with Gasteiger partial charge < -0.3 is 9.88 Å². The van der Waals surface area contributed by atoms with Crippen molar-refractivity contribution in [2.75, 3.05) is 26.2 Å². The van der Waals surface area contributed by atoms with Gasteiger partial charge in [-0.2, -0.15) is 0 Å². The molecule has 19 heavy (non-hydrogen) atoms. The second-order valence-corrected chi connectivity index (χ2v) is 5.02. The minimum atomic E-state index is 0.905. The molecule has 1 aromatic heterocycles. The molecular formula is C15H20N4. The fraction of sp³-hybridized carbons (Fsp3) is 0.400. The van der Waals surface area contributed by atoms with E-state index in [1.807, 2.05) is 12.5 Å². The highest BCUT2D eigenvalue weighted by Crippen LogP contribution is 2.09. The van der Waals surface area contributed by atoms with E-state index in [2.05, 4.69) is 50.1 Å². The summed E-state index contributed by atoms with van der Waals surface area (Å²) in [5.74, 6) is 0. The van der Waals surface area contributed by atoms with Crippen LogP contribution in [-0.2, 0) is 13.1 Å². The molecule has 1 fully saturated rings. The van der Waals surface area contributed by atoms with Gasteiger partial charge in [-0.15, -0.1) is 0 Å². The number of imidazole rings is 1. The van der Waals surface area contributed by atoms with Crippen molar-refractivity contribution in [2.24, 2.45) is 0 Å². The largest absolute Gasteiger partial charge is 0.329 e. The zero-order chi connectivity index (χ0) is 12.9. The summed E-state index contributed by atoms with van der Waals surface area (Å²) >= 11 is 0. The normalized spacial score (nSPS) is 16.6. The summed E-state index contributed by atoms with van der Waals surface area (Å²) in [4.78, 5) is 6.79. The Morgan fingerprint density at radius 2 is 1.84 bits per heavy atom. The SMILES string of the molecule is c1ccc(Cn2cncc2CN2CCNCC2)cc1. The first kappa shape index (κ1) is 12.4. The minimum Gasteiger partial charge on any atom is -0.329 e. The van der Waals surface area contributed by atoms with Gasteiger partial charge in [-0.3, -0.25) is 4.90 Å². The van der Waals surface area contributed by atoms with Gasteiger partial charge in [0.25, 0.3) is 0 Å². The van der Waals surface area contributed by atoms with Crippen LogP contribution in [0.4, 0.5) is 0 Å². The van der Waals surface area contributed by atoms with Gasteiger partial charge in [0.2, 0.25) is 0 Å². The Balaban J connectivity index is 1.68. The summed E-state index contributed by atoms with van der Waals surface area (Å²) in [7, 11) is 0. The smallest absolute Gasteiger partial charge is 0.0951 e. The topological polar surface area (TPSA) is 33.1 Å². The van der Waals surface area contributed by atoms with Gasteiger partial charge in [0, 0.05) is 45.5 Å². The summed E-state index contributed by atoms with van der Waals surface area (Å²) < 4.78 is 2.25. The Hall–Kier alpha value is -1.65. The van der Waals surface area contributed by atoms with Crippen LogP contribution in [0.2, 0.25) is 0 Å². The van der Waals surface area contributed by atoms with Gasteiger partial charge in [0.05, 0.1) is 12.0 Å². The Morgan fingerprint density at radius 3 is 2.63 bits per heavy atom. The summed E-state index contributed by atoms with van der Waals surface area (Å²) in [5.41, 5.74) is 2.62. The number of piperazine rings is 1. The third-order valence-electron chi connectivity index (χ3n) is 3.59. The molecule has 0 bridgehead atoms. The number of nitrogens with one attached hydrogen (secondary N) is 1. The van der Waals surface area contributed by atoms with Gasteiger partial charge >= 0.3 is 0 Å². The molecule has 0 aliphatic carbocycles. The molecule has 1 saturated heterocycles. The molecule has 1 aliphatic rings. The van der Waals surface area contributed by atoms with E-state index in [0.29, 0.717) is 0 Å². The average molecular weight is 256 g/mol. The lowest BCUT2D eigenvalue weighted by molar-refractivity contribution is 0.228. The molecule has 0 saturated carbocycles. The fourth-order valence-corrected chi connectivity index (χ4v) is 2.50. The molecule has 3 rings (SSSR count). The van der Waals surface area contributed by atoms with E-state index in [1.165, 1.54) is 11.3 Å². The molecular weight excluding hydrogens is 236 g/mol. The van der Waals surface area contributed by atoms with E-state index in [0.717, 1.165) is 39.3 Å². The van der Waals surface area contributed by atoms with Crippen molar-refractivity contribution < 1.29 is 0 Å². The molecule has 0 amide bonds. The monoisotopic (exact) mass is 256 g/mol. The predicted molar refractivity (Wildman–Crippen MR) is 75.9 cm³/mol. The third kappa shape index (κ3) is 3.22. The van der Waals surface area contributed by atoms with E-state index in [9.17, 15) is 0 Å². The van der Waals surface area contributed by atoms with Crippen LogP contribution >= 0.6 is 0 Å². The zero-order valence-corrected chi connectivity index (χ0v) is 11.1. The lowest BCUT2D eigenvalue weighted by atomic mass is 10.2. The summed E-state index contributed by atoms with van der Waals surface area (Å²) in [5, 5.41) is 3.38. The van der Waals surface area contributed by atoms with Crippen molar-refractivity contribution in [3.63, 3.8) is 0 Å². The molecule has 2 heterocycles. The Bertz CT molecular complexity index is 500. The van der Waals surface area contributed by atoms with E-state index >= 15 is 0 Å². The maximum absolute atomic E-state index is 4.30. The first-order valence-corrected chi connectivity index (χ1v) is 6.88. The molecule has 1 aromatic carbocycles. The van der Waals surface area contributed by atoms with Gasteiger partial charge in [0.15, 0.2) is 0 Å². The van der Waals surface area contributed by atoms with Crippen LogP contribution in [0.1, 0.15) is 11.3 Å². The van der Waals surface area contributed by atoms with Crippen molar-refractivity contribution >= 4 is 0 Å². The first-order chi connectivity index (χ1) is 9.42. The fourth-order valence-electron chi connectivity index (χ4n) is 2.50. The van der Waals surface area contributed by atoms with Crippen molar-refractivity contribution in [2.45, 2.75) is 13.1 Å². The van der Waals surface area contributed by atoms with Crippen LogP contribution in [0.25, 0.3) is 0 Å². The van der Waals surface area contributed by atoms with Crippen LogP contribution in [0.5, 0.6) is 0 Å². The molecule has 4 nitrogen and oxygen atoms in total. The highest BCUT2D eigenvalue weighted by molar-refractivity contribution is 5.16. The lowest BCUT2D eigenvalue weighted by Crippen LogP contribution is -2.43. The molecule has 100 valence electrons. The van der Waals surface area contributed by atoms with Crippen LogP contribution in [0, 0.1) is 0 Å². The lowest BCUT2D eigenvalue weighted by Gasteiger charge is -2.27. The van der Waals surface area contributed by atoms with Crippen molar-refractivity contribution in [3.8, 4) is 0 Å². The third-order valence-corrected chi connectivity index (χ3v) is 3.59. The molecule has 1 aliphatic heterocycles. The Morgan fingerprint density at radius 1 is 1.05 bits per heavy atom. The van der Waals surface area contributed by atoms with Gasteiger partial charge in [-0.25, -0.2) is 4.98 Å². The molecule has 0 spiro atoms. The van der Waals surface area contributed by atoms with Crippen LogP contribution in [0.15, 0.2) is 42.9 Å². The van der Waals surface area contributed by atoms with E-state index < -0.39 is 0 Å². The highest BCUT2D eigenvalue weighted by atomic mass is 15.2. The molecule has 0 unspecified atom stereocenters. The number of nitrogens with zero attached hydrogens (tertiary/aromatic N) is 3. The van der Waals surface area contributed by atoms with Crippen molar-refractivity contribution in [1.82, 2.24) is 19.8 Å². The van der Waals surface area contributed by atoms with Gasteiger partial charge in [-0.1, -0.05) is 30.3 Å². The summed E-state index contributed by atoms with van der Waals surface area (Å²) in [6.07, 6.45) is 3.93. The second-order valence-electron chi connectivity index (χ2n) is 5.02. The highest BCUT2D eigenvalue weighted by Gasteiger charge is 2.12. The van der Waals surface area contributed by atoms with Crippen molar-refractivity contribution in [1.29, 1.82) is 0 Å². The van der Waals surface area contributed by atoms with Crippen LogP contribution in [0.3, 0.4) is 0 Å². The molecule has 1 N–H and O–H groups in total. The van der Waals surface area contributed by atoms with Crippen LogP contribution in [-0.4, -0.2) is 40.6 Å². The Kier molecular flexibility index (Phi) is 3.91. The Labute approximate surface area is 114 Å². The van der Waals surface area contributed by atoms with Gasteiger partial charge in [0.1, 0.15) is 0 Å². The number of aromatic nitrogens is 2. The zero-order valence-electron chi connectivity index (χ0n) is 11.1. The number of hydrogen-bond donors (Lipinski definition) is 1. The maximum atomic E-state index is 4.30. The number of benzene rings is 1. The van der Waals surface area contributed by atoms with E-state index in [-0.39, 0.29) is 0 Å². The summed E-state index contributed by atoms with van der Waals surface area (Å²) in [6.45, 7) is 6.32. The number of hydrogen-bond acceptors (Lipinski definition) is 3. The second kappa shape index (κ2) is 5.99. The predicted octanol–water partition coefficient (Wildman–Crippen LogP) is 1.34. The maximum Gasteiger partial charge on any atom is 0.0951 e. The standard InChI is InChI=1S/C15H20N4/c1-2-4-14(5-3-1)11-19-13-17-10-15(19)12-18-8-6-16-7-9-18/h1-5,10,13,16H,6-9,11-12H2. The summed E-state index contributed by atoms with van der Waals surface area (Å²) in [6, 6.07) is 10.5. The molecule has 0 radical (unpaired) electrons. The average Bonchev–Trinajstić information content (AvgIpc) is 2.88. The van der Waals surface area contributed by atoms with Crippen LogP contribution < -0.4 is 5.32 Å². The first-order valence-electron chi connectivity index (χ1n) is 6.88. The van der Waals surface area contributed by atoms with Gasteiger partial charge in [-0.05, 0) is 5.56 Å².